The van der Waals surface area contributed by atoms with Crippen LogP contribution in [-0.4, -0.2) is 24.0 Å². The molecule has 0 radical (unpaired) electrons. The molecule has 0 spiro atoms. The van der Waals surface area contributed by atoms with Crippen molar-refractivity contribution in [2.75, 3.05) is 7.05 Å². The molecule has 0 aromatic heterocycles. The molecule has 1 nitrogen and oxygen atoms in total. The van der Waals surface area contributed by atoms with Crippen LogP contribution in [0.4, 0.5) is 0 Å². The average molecular weight is 195 g/mol. The van der Waals surface area contributed by atoms with Crippen LogP contribution in [0.15, 0.2) is 0 Å². The van der Waals surface area contributed by atoms with Gasteiger partial charge in [0.05, 0.1) is 0 Å². The Kier molecular flexibility index (Phi) is 3.16. The third-order valence-corrected chi connectivity index (χ3v) is 4.35. The van der Waals surface area contributed by atoms with E-state index in [2.05, 4.69) is 25.8 Å². The van der Waals surface area contributed by atoms with Crippen molar-refractivity contribution in [1.29, 1.82) is 0 Å². The first-order valence-electron chi connectivity index (χ1n) is 6.38. The maximum absolute atomic E-state index is 2.64. The largest absolute Gasteiger partial charge is 0.300 e. The second kappa shape index (κ2) is 4.22. The van der Waals surface area contributed by atoms with Gasteiger partial charge in [-0.2, -0.15) is 0 Å². The number of hydrogen-bond donors (Lipinski definition) is 0. The minimum Gasteiger partial charge on any atom is -0.300 e. The Morgan fingerprint density at radius 3 is 2.21 bits per heavy atom. The van der Waals surface area contributed by atoms with Gasteiger partial charge in [0.1, 0.15) is 0 Å². The fraction of sp³-hybridized carbons (Fsp3) is 1.00. The maximum atomic E-state index is 2.64. The summed E-state index contributed by atoms with van der Waals surface area (Å²) in [5.41, 5.74) is 0. The van der Waals surface area contributed by atoms with E-state index >= 15 is 0 Å². The fourth-order valence-electron chi connectivity index (χ4n) is 3.33. The molecule has 2 aliphatic heterocycles. The molecule has 2 saturated heterocycles. The quantitative estimate of drug-likeness (QED) is 0.668. The van der Waals surface area contributed by atoms with E-state index in [1.807, 2.05) is 0 Å². The van der Waals surface area contributed by atoms with Gasteiger partial charge in [0.15, 0.2) is 0 Å². The fourth-order valence-corrected chi connectivity index (χ4v) is 3.33. The first-order chi connectivity index (χ1) is 6.66. The van der Waals surface area contributed by atoms with Gasteiger partial charge in [-0.1, -0.05) is 26.7 Å². The van der Waals surface area contributed by atoms with Gasteiger partial charge in [0.2, 0.25) is 0 Å². The zero-order valence-corrected chi connectivity index (χ0v) is 10.00. The van der Waals surface area contributed by atoms with Crippen LogP contribution >= 0.6 is 0 Å². The van der Waals surface area contributed by atoms with E-state index in [0.29, 0.717) is 0 Å². The predicted molar refractivity (Wildman–Crippen MR) is 61.4 cm³/mol. The molecule has 0 aromatic rings. The van der Waals surface area contributed by atoms with E-state index in [1.54, 1.807) is 0 Å². The van der Waals surface area contributed by atoms with Crippen LogP contribution in [0, 0.1) is 11.8 Å². The molecule has 2 unspecified atom stereocenters. The Morgan fingerprint density at radius 1 is 1.14 bits per heavy atom. The van der Waals surface area contributed by atoms with E-state index in [1.165, 1.54) is 38.5 Å². The molecule has 1 heteroatoms. The average Bonchev–Trinajstić information content (AvgIpc) is 2.41. The molecule has 0 amide bonds. The molecule has 0 N–H and O–H groups in total. The van der Waals surface area contributed by atoms with Gasteiger partial charge in [-0.25, -0.2) is 0 Å². The molecular weight excluding hydrogens is 170 g/mol. The summed E-state index contributed by atoms with van der Waals surface area (Å²) in [6.07, 6.45) is 8.84. The highest BCUT2D eigenvalue weighted by Crippen LogP contribution is 2.39. The molecule has 14 heavy (non-hydrogen) atoms. The number of fused-ring (bicyclic) bond motifs is 2. The minimum absolute atomic E-state index is 0.896. The Balaban J connectivity index is 1.81. The minimum atomic E-state index is 0.896. The summed E-state index contributed by atoms with van der Waals surface area (Å²) in [4.78, 5) is 2.64. The molecule has 2 fully saturated rings. The highest BCUT2D eigenvalue weighted by atomic mass is 15.2. The van der Waals surface area contributed by atoms with Crippen LogP contribution in [0.1, 0.15) is 52.4 Å². The monoisotopic (exact) mass is 195 g/mol. The molecule has 0 saturated carbocycles. The van der Waals surface area contributed by atoms with Crippen LogP contribution in [0.2, 0.25) is 0 Å². The molecular formula is C13H25N. The zero-order chi connectivity index (χ0) is 10.1. The molecule has 2 rings (SSSR count). The van der Waals surface area contributed by atoms with Crippen LogP contribution in [-0.2, 0) is 0 Å². The summed E-state index contributed by atoms with van der Waals surface area (Å²) in [5.74, 6) is 1.94. The summed E-state index contributed by atoms with van der Waals surface area (Å²) in [6.45, 7) is 4.70. The molecule has 2 atom stereocenters. The number of rotatable bonds is 3. The van der Waals surface area contributed by atoms with Crippen molar-refractivity contribution in [3.05, 3.63) is 0 Å². The second-order valence-corrected chi connectivity index (χ2v) is 5.86. The lowest BCUT2D eigenvalue weighted by Crippen LogP contribution is -2.39. The molecule has 82 valence electrons. The lowest BCUT2D eigenvalue weighted by atomic mass is 9.86. The van der Waals surface area contributed by atoms with Crippen molar-refractivity contribution in [2.24, 2.45) is 11.8 Å². The summed E-state index contributed by atoms with van der Waals surface area (Å²) >= 11 is 0. The highest BCUT2D eigenvalue weighted by Gasteiger charge is 2.37. The van der Waals surface area contributed by atoms with Gasteiger partial charge in [0.25, 0.3) is 0 Å². The first-order valence-corrected chi connectivity index (χ1v) is 6.38. The van der Waals surface area contributed by atoms with Gasteiger partial charge >= 0.3 is 0 Å². The Labute approximate surface area is 88.9 Å². The SMILES string of the molecule is CC(C)CCC1CC2CCC(C1)N2C. The lowest BCUT2D eigenvalue weighted by Gasteiger charge is -2.36. The van der Waals surface area contributed by atoms with Crippen LogP contribution < -0.4 is 0 Å². The topological polar surface area (TPSA) is 3.24 Å². The standard InChI is InChI=1S/C13H25N/c1-10(2)4-5-11-8-12-6-7-13(9-11)14(12)3/h10-13H,4-9H2,1-3H3. The molecule has 0 aromatic carbocycles. The zero-order valence-electron chi connectivity index (χ0n) is 10.00. The molecule has 2 aliphatic rings. The number of piperidine rings is 1. The van der Waals surface area contributed by atoms with Gasteiger partial charge in [-0.15, -0.1) is 0 Å². The normalized spacial score (nSPS) is 38.1. The van der Waals surface area contributed by atoms with E-state index in [-0.39, 0.29) is 0 Å². The Hall–Kier alpha value is -0.0400. The van der Waals surface area contributed by atoms with Crippen molar-refractivity contribution < 1.29 is 0 Å². The smallest absolute Gasteiger partial charge is 0.00983 e. The first kappa shape index (κ1) is 10.5. The van der Waals surface area contributed by atoms with E-state index < -0.39 is 0 Å². The lowest BCUT2D eigenvalue weighted by molar-refractivity contribution is 0.126. The summed E-state index contributed by atoms with van der Waals surface area (Å²) in [6, 6.07) is 1.87. The van der Waals surface area contributed by atoms with Gasteiger partial charge in [-0.05, 0) is 44.6 Å². The summed E-state index contributed by atoms with van der Waals surface area (Å²) in [5, 5.41) is 0. The van der Waals surface area contributed by atoms with Crippen molar-refractivity contribution in [3.63, 3.8) is 0 Å². The van der Waals surface area contributed by atoms with Crippen molar-refractivity contribution >= 4 is 0 Å². The van der Waals surface area contributed by atoms with E-state index in [0.717, 1.165) is 23.9 Å². The summed E-state index contributed by atoms with van der Waals surface area (Å²) < 4.78 is 0. The number of nitrogens with zero attached hydrogens (tertiary/aromatic N) is 1. The van der Waals surface area contributed by atoms with Crippen LogP contribution in [0.5, 0.6) is 0 Å². The van der Waals surface area contributed by atoms with E-state index in [4.69, 9.17) is 0 Å². The van der Waals surface area contributed by atoms with E-state index in [9.17, 15) is 0 Å². The van der Waals surface area contributed by atoms with Crippen LogP contribution in [0.25, 0.3) is 0 Å². The molecule has 0 aliphatic carbocycles. The van der Waals surface area contributed by atoms with Crippen molar-refractivity contribution in [1.82, 2.24) is 4.90 Å². The van der Waals surface area contributed by atoms with Crippen molar-refractivity contribution in [3.8, 4) is 0 Å². The van der Waals surface area contributed by atoms with Gasteiger partial charge in [0, 0.05) is 12.1 Å². The molecule has 2 bridgehead atoms. The summed E-state index contributed by atoms with van der Waals surface area (Å²) in [7, 11) is 2.33. The predicted octanol–water partition coefficient (Wildman–Crippen LogP) is 3.30. The van der Waals surface area contributed by atoms with Crippen molar-refractivity contribution in [2.45, 2.75) is 64.5 Å². The number of hydrogen-bond acceptors (Lipinski definition) is 1. The molecule has 2 heterocycles. The van der Waals surface area contributed by atoms with Gasteiger partial charge in [-0.3, -0.25) is 0 Å². The highest BCUT2D eigenvalue weighted by molar-refractivity contribution is 4.93. The van der Waals surface area contributed by atoms with Crippen LogP contribution in [0.3, 0.4) is 0 Å². The Morgan fingerprint density at radius 2 is 1.71 bits per heavy atom. The second-order valence-electron chi connectivity index (χ2n) is 5.86. The maximum Gasteiger partial charge on any atom is 0.00983 e. The third-order valence-electron chi connectivity index (χ3n) is 4.35. The third kappa shape index (κ3) is 2.13. The Bertz CT molecular complexity index is 174. The van der Waals surface area contributed by atoms with Gasteiger partial charge < -0.3 is 4.90 Å².